The fraction of sp³-hybridized carbons (Fsp3) is 0.143. The largest absolute Gasteiger partial charge is 0.497 e. The fourth-order valence-corrected chi connectivity index (χ4v) is 2.39. The zero-order valence-electron chi connectivity index (χ0n) is 10.1. The summed E-state index contributed by atoms with van der Waals surface area (Å²) in [5.74, 6) is 1.48. The maximum atomic E-state index is 6.10. The molecule has 2 aromatic carbocycles. The van der Waals surface area contributed by atoms with Crippen molar-refractivity contribution in [1.29, 1.82) is 0 Å². The molecule has 0 spiro atoms. The van der Waals surface area contributed by atoms with Gasteiger partial charge in [0, 0.05) is 5.56 Å². The van der Waals surface area contributed by atoms with Gasteiger partial charge in [0.15, 0.2) is 0 Å². The Morgan fingerprint density at radius 2 is 1.95 bits per heavy atom. The molecule has 0 aliphatic heterocycles. The number of rotatable bonds is 4. The minimum atomic E-state index is 0.352. The van der Waals surface area contributed by atoms with Crippen molar-refractivity contribution in [3.8, 4) is 11.5 Å². The maximum absolute atomic E-state index is 6.10. The lowest BCUT2D eigenvalue weighted by Crippen LogP contribution is -1.97. The van der Waals surface area contributed by atoms with Crippen LogP contribution in [-0.2, 0) is 6.61 Å². The lowest BCUT2D eigenvalue weighted by atomic mass is 10.2. The smallest absolute Gasteiger partial charge is 0.134 e. The summed E-state index contributed by atoms with van der Waals surface area (Å²) in [7, 11) is 1.62. The molecule has 2 rings (SSSR count). The highest BCUT2D eigenvalue weighted by molar-refractivity contribution is 9.10. The Balaban J connectivity index is 2.12. The van der Waals surface area contributed by atoms with E-state index in [1.165, 1.54) is 0 Å². The third-order valence-electron chi connectivity index (χ3n) is 2.55. The summed E-state index contributed by atoms with van der Waals surface area (Å²) in [6, 6.07) is 11.0. The first kappa shape index (κ1) is 14.5. The molecule has 19 heavy (non-hydrogen) atoms. The Morgan fingerprint density at radius 1 is 1.16 bits per heavy atom. The van der Waals surface area contributed by atoms with E-state index >= 15 is 0 Å². The highest BCUT2D eigenvalue weighted by Crippen LogP contribution is 2.31. The molecule has 0 heterocycles. The van der Waals surface area contributed by atoms with Gasteiger partial charge in [0.2, 0.25) is 0 Å². The second-order valence-electron chi connectivity index (χ2n) is 3.80. The summed E-state index contributed by atoms with van der Waals surface area (Å²) in [5.41, 5.74) is 0.844. The van der Waals surface area contributed by atoms with E-state index in [2.05, 4.69) is 15.9 Å². The standard InChI is InChI=1S/C14H11BrCl2O2/c1-18-10-5-6-13(11(15)7-10)19-8-9-3-2-4-12(16)14(9)17/h2-7H,8H2,1H3. The lowest BCUT2D eigenvalue weighted by Gasteiger charge is -2.11. The number of halogens is 3. The molecule has 5 heteroatoms. The van der Waals surface area contributed by atoms with Crippen molar-refractivity contribution < 1.29 is 9.47 Å². The van der Waals surface area contributed by atoms with E-state index < -0.39 is 0 Å². The molecule has 100 valence electrons. The van der Waals surface area contributed by atoms with Crippen LogP contribution in [0.4, 0.5) is 0 Å². The van der Waals surface area contributed by atoms with Crippen LogP contribution in [-0.4, -0.2) is 7.11 Å². The first-order valence-electron chi connectivity index (χ1n) is 5.51. The van der Waals surface area contributed by atoms with Gasteiger partial charge >= 0.3 is 0 Å². The van der Waals surface area contributed by atoms with Crippen molar-refractivity contribution in [3.63, 3.8) is 0 Å². The maximum Gasteiger partial charge on any atom is 0.134 e. The minimum absolute atomic E-state index is 0.352. The SMILES string of the molecule is COc1ccc(OCc2cccc(Cl)c2Cl)c(Br)c1. The zero-order valence-corrected chi connectivity index (χ0v) is 13.2. The van der Waals surface area contributed by atoms with Crippen LogP contribution in [0.1, 0.15) is 5.56 Å². The topological polar surface area (TPSA) is 18.5 Å². The van der Waals surface area contributed by atoms with Gasteiger partial charge in [-0.15, -0.1) is 0 Å². The predicted molar refractivity (Wildman–Crippen MR) is 81.5 cm³/mol. The molecule has 0 N–H and O–H groups in total. The van der Waals surface area contributed by atoms with Crippen LogP contribution >= 0.6 is 39.1 Å². The van der Waals surface area contributed by atoms with E-state index in [4.69, 9.17) is 32.7 Å². The quantitative estimate of drug-likeness (QED) is 0.731. The molecule has 0 fully saturated rings. The van der Waals surface area contributed by atoms with Gasteiger partial charge in [0.1, 0.15) is 18.1 Å². The van der Waals surface area contributed by atoms with Crippen LogP contribution in [0.3, 0.4) is 0 Å². The third-order valence-corrected chi connectivity index (χ3v) is 4.03. The first-order chi connectivity index (χ1) is 9.11. The molecule has 0 radical (unpaired) electrons. The fourth-order valence-electron chi connectivity index (χ4n) is 1.54. The predicted octanol–water partition coefficient (Wildman–Crippen LogP) is 5.34. The Labute approximate surface area is 130 Å². The van der Waals surface area contributed by atoms with Crippen LogP contribution in [0.25, 0.3) is 0 Å². The number of hydrogen-bond donors (Lipinski definition) is 0. The highest BCUT2D eigenvalue weighted by Gasteiger charge is 2.07. The van der Waals surface area contributed by atoms with E-state index in [1.54, 1.807) is 13.2 Å². The van der Waals surface area contributed by atoms with Gasteiger partial charge < -0.3 is 9.47 Å². The first-order valence-corrected chi connectivity index (χ1v) is 7.06. The van der Waals surface area contributed by atoms with Gasteiger partial charge in [0.05, 0.1) is 21.6 Å². The average Bonchev–Trinajstić information content (AvgIpc) is 2.41. The number of benzene rings is 2. The molecule has 0 unspecified atom stereocenters. The van der Waals surface area contributed by atoms with E-state index in [0.29, 0.717) is 16.7 Å². The molecule has 0 amide bonds. The molecule has 0 aliphatic carbocycles. The molecule has 2 aromatic rings. The number of methoxy groups -OCH3 is 1. The Morgan fingerprint density at radius 3 is 2.63 bits per heavy atom. The Bertz CT molecular complexity index is 588. The summed E-state index contributed by atoms with van der Waals surface area (Å²) in [6.45, 7) is 0.352. The molecule has 0 bridgehead atoms. The molecule has 0 saturated carbocycles. The Hall–Kier alpha value is -0.900. The summed E-state index contributed by atoms with van der Waals surface area (Å²) >= 11 is 15.5. The van der Waals surface area contributed by atoms with Gasteiger partial charge in [-0.3, -0.25) is 0 Å². The van der Waals surface area contributed by atoms with Crippen molar-refractivity contribution in [3.05, 3.63) is 56.5 Å². The van der Waals surface area contributed by atoms with Crippen molar-refractivity contribution in [1.82, 2.24) is 0 Å². The van der Waals surface area contributed by atoms with E-state index in [-0.39, 0.29) is 0 Å². The van der Waals surface area contributed by atoms with Crippen molar-refractivity contribution in [2.45, 2.75) is 6.61 Å². The monoisotopic (exact) mass is 360 g/mol. The van der Waals surface area contributed by atoms with Gasteiger partial charge in [-0.2, -0.15) is 0 Å². The van der Waals surface area contributed by atoms with Gasteiger partial charge in [0.25, 0.3) is 0 Å². The lowest BCUT2D eigenvalue weighted by molar-refractivity contribution is 0.303. The van der Waals surface area contributed by atoms with E-state index in [1.807, 2.05) is 30.3 Å². The second-order valence-corrected chi connectivity index (χ2v) is 5.44. The molecular formula is C14H11BrCl2O2. The number of hydrogen-bond acceptors (Lipinski definition) is 2. The molecule has 0 aromatic heterocycles. The van der Waals surface area contributed by atoms with Crippen molar-refractivity contribution in [2.24, 2.45) is 0 Å². The molecule has 0 aliphatic rings. The summed E-state index contributed by atoms with van der Waals surface area (Å²) < 4.78 is 11.7. The van der Waals surface area contributed by atoms with E-state index in [9.17, 15) is 0 Å². The normalized spacial score (nSPS) is 10.3. The van der Waals surface area contributed by atoms with Crippen molar-refractivity contribution in [2.75, 3.05) is 7.11 Å². The third kappa shape index (κ3) is 3.56. The van der Waals surface area contributed by atoms with Gasteiger partial charge in [-0.25, -0.2) is 0 Å². The van der Waals surface area contributed by atoms with Crippen LogP contribution in [0.15, 0.2) is 40.9 Å². The van der Waals surface area contributed by atoms with Crippen molar-refractivity contribution >= 4 is 39.1 Å². The highest BCUT2D eigenvalue weighted by atomic mass is 79.9. The summed E-state index contributed by atoms with van der Waals surface area (Å²) in [4.78, 5) is 0. The summed E-state index contributed by atoms with van der Waals surface area (Å²) in [6.07, 6.45) is 0. The van der Waals surface area contributed by atoms with Crippen LogP contribution in [0.5, 0.6) is 11.5 Å². The Kier molecular flexibility index (Phi) is 4.97. The molecular weight excluding hydrogens is 351 g/mol. The zero-order chi connectivity index (χ0) is 13.8. The number of ether oxygens (including phenoxy) is 2. The van der Waals surface area contributed by atoms with Crippen LogP contribution in [0, 0.1) is 0 Å². The summed E-state index contributed by atoms with van der Waals surface area (Å²) in [5, 5.41) is 1.05. The van der Waals surface area contributed by atoms with Crippen LogP contribution in [0.2, 0.25) is 10.0 Å². The van der Waals surface area contributed by atoms with E-state index in [0.717, 1.165) is 21.5 Å². The second kappa shape index (κ2) is 6.51. The van der Waals surface area contributed by atoms with Gasteiger partial charge in [-0.1, -0.05) is 35.3 Å². The minimum Gasteiger partial charge on any atom is -0.497 e. The molecule has 0 saturated heterocycles. The molecule has 2 nitrogen and oxygen atoms in total. The van der Waals surface area contributed by atoms with Gasteiger partial charge in [-0.05, 0) is 40.2 Å². The average molecular weight is 362 g/mol. The molecule has 0 atom stereocenters. The van der Waals surface area contributed by atoms with Crippen LogP contribution < -0.4 is 9.47 Å².